The van der Waals surface area contributed by atoms with E-state index >= 15 is 0 Å². The van der Waals surface area contributed by atoms with Crippen LogP contribution in [0.3, 0.4) is 0 Å². The number of hydrogen-bond acceptors (Lipinski definition) is 2. The van der Waals surface area contributed by atoms with Crippen molar-refractivity contribution in [2.45, 2.75) is 25.7 Å². The number of ketones is 1. The first-order valence-electron chi connectivity index (χ1n) is 5.67. The highest BCUT2D eigenvalue weighted by atomic mass is 19.4. The lowest BCUT2D eigenvalue weighted by atomic mass is 9.94. The van der Waals surface area contributed by atoms with E-state index in [4.69, 9.17) is 5.26 Å². The largest absolute Gasteiger partial charge is 0.416 e. The molecule has 0 amide bonds. The van der Waals surface area contributed by atoms with Crippen molar-refractivity contribution in [2.75, 3.05) is 0 Å². The molecule has 0 saturated heterocycles. The topological polar surface area (TPSA) is 40.9 Å². The van der Waals surface area contributed by atoms with Gasteiger partial charge in [-0.2, -0.15) is 31.6 Å². The van der Waals surface area contributed by atoms with Gasteiger partial charge in [0.1, 0.15) is 0 Å². The van der Waals surface area contributed by atoms with Crippen LogP contribution in [-0.2, 0) is 12.4 Å². The number of carbonyl (C=O) groups excluding carboxylic acids is 1. The van der Waals surface area contributed by atoms with Gasteiger partial charge < -0.3 is 0 Å². The van der Waals surface area contributed by atoms with Crippen LogP contribution in [0.2, 0.25) is 0 Å². The Morgan fingerprint density at radius 1 is 1.10 bits per heavy atom. The quantitative estimate of drug-likeness (QED) is 0.611. The maximum absolute atomic E-state index is 12.6. The molecule has 8 heteroatoms. The van der Waals surface area contributed by atoms with Gasteiger partial charge in [-0.15, -0.1) is 0 Å². The number of alkyl halides is 6. The van der Waals surface area contributed by atoms with Gasteiger partial charge in [-0.05, 0) is 18.2 Å². The molecule has 0 spiro atoms. The fourth-order valence-corrected chi connectivity index (χ4v) is 1.61. The van der Waals surface area contributed by atoms with Gasteiger partial charge in [-0.3, -0.25) is 4.79 Å². The Morgan fingerprint density at radius 3 is 1.86 bits per heavy atom. The summed E-state index contributed by atoms with van der Waals surface area (Å²) >= 11 is 0. The van der Waals surface area contributed by atoms with Crippen molar-refractivity contribution < 1.29 is 31.1 Å². The average molecular weight is 309 g/mol. The van der Waals surface area contributed by atoms with Crippen LogP contribution in [0.15, 0.2) is 18.2 Å². The van der Waals surface area contributed by atoms with Crippen molar-refractivity contribution >= 4 is 5.78 Å². The minimum atomic E-state index is -5.01. The second-order valence-electron chi connectivity index (χ2n) is 4.42. The molecule has 21 heavy (non-hydrogen) atoms. The first-order valence-corrected chi connectivity index (χ1v) is 5.67. The summed E-state index contributed by atoms with van der Waals surface area (Å²) in [5.41, 5.74) is -3.81. The van der Waals surface area contributed by atoms with Crippen LogP contribution >= 0.6 is 0 Å². The van der Waals surface area contributed by atoms with Crippen molar-refractivity contribution in [3.8, 4) is 6.07 Å². The lowest BCUT2D eigenvalue weighted by Crippen LogP contribution is -2.16. The summed E-state index contributed by atoms with van der Waals surface area (Å²) in [6, 6.07) is 2.33. The number of halogens is 6. The Kier molecular flexibility index (Phi) is 4.66. The maximum atomic E-state index is 12.6. The Labute approximate surface area is 116 Å². The second-order valence-corrected chi connectivity index (χ2v) is 4.42. The molecule has 0 saturated carbocycles. The summed E-state index contributed by atoms with van der Waals surface area (Å²) in [4.78, 5) is 11.8. The van der Waals surface area contributed by atoms with Crippen LogP contribution in [0, 0.1) is 17.2 Å². The van der Waals surface area contributed by atoms with Crippen molar-refractivity contribution in [2.24, 2.45) is 5.92 Å². The summed E-state index contributed by atoms with van der Waals surface area (Å²) < 4.78 is 75.7. The molecular weight excluding hydrogens is 300 g/mol. The van der Waals surface area contributed by atoms with Crippen LogP contribution in [0.4, 0.5) is 26.3 Å². The van der Waals surface area contributed by atoms with E-state index in [0.29, 0.717) is 12.1 Å². The van der Waals surface area contributed by atoms with E-state index in [9.17, 15) is 31.1 Å². The lowest BCUT2D eigenvalue weighted by molar-refractivity contribution is -0.143. The number of carbonyl (C=O) groups is 1. The van der Waals surface area contributed by atoms with Crippen LogP contribution in [0.25, 0.3) is 0 Å². The van der Waals surface area contributed by atoms with E-state index in [2.05, 4.69) is 0 Å². The summed E-state index contributed by atoms with van der Waals surface area (Å²) in [5.74, 6) is -1.92. The highest BCUT2D eigenvalue weighted by Gasteiger charge is 2.37. The third-order valence-electron chi connectivity index (χ3n) is 2.72. The van der Waals surface area contributed by atoms with E-state index in [1.807, 2.05) is 0 Å². The van der Waals surface area contributed by atoms with E-state index in [1.165, 1.54) is 6.92 Å². The number of rotatable bonds is 3. The molecule has 0 bridgehead atoms. The molecule has 1 unspecified atom stereocenters. The van der Waals surface area contributed by atoms with Crippen LogP contribution < -0.4 is 0 Å². The van der Waals surface area contributed by atoms with Gasteiger partial charge >= 0.3 is 12.4 Å². The SMILES string of the molecule is CC(CC#N)C(=O)c1cc(C(F)(F)F)cc(C(F)(F)F)c1. The number of nitrogens with zero attached hydrogens (tertiary/aromatic N) is 1. The number of Topliss-reactive ketones (excluding diaryl/α,β-unsaturated/α-hetero) is 1. The van der Waals surface area contributed by atoms with Crippen molar-refractivity contribution in [3.05, 3.63) is 34.9 Å². The van der Waals surface area contributed by atoms with Gasteiger partial charge in [0.25, 0.3) is 0 Å². The molecule has 0 aliphatic rings. The monoisotopic (exact) mass is 309 g/mol. The molecule has 114 valence electrons. The minimum absolute atomic E-state index is 0.0499. The molecule has 1 aromatic rings. The van der Waals surface area contributed by atoms with E-state index in [0.717, 1.165) is 0 Å². The smallest absolute Gasteiger partial charge is 0.294 e. The second kappa shape index (κ2) is 5.76. The fraction of sp³-hybridized carbons (Fsp3) is 0.385. The molecule has 2 nitrogen and oxygen atoms in total. The van der Waals surface area contributed by atoms with Gasteiger partial charge in [0.2, 0.25) is 0 Å². The fourth-order valence-electron chi connectivity index (χ4n) is 1.61. The maximum Gasteiger partial charge on any atom is 0.416 e. The molecule has 0 aromatic heterocycles. The molecule has 0 fully saturated rings. The van der Waals surface area contributed by atoms with Gasteiger partial charge in [0.05, 0.1) is 17.2 Å². The zero-order valence-electron chi connectivity index (χ0n) is 10.6. The third-order valence-corrected chi connectivity index (χ3v) is 2.72. The van der Waals surface area contributed by atoms with Crippen molar-refractivity contribution in [1.29, 1.82) is 5.26 Å². The van der Waals surface area contributed by atoms with E-state index in [-0.39, 0.29) is 12.5 Å². The Hall–Kier alpha value is -2.04. The lowest BCUT2D eigenvalue weighted by Gasteiger charge is -2.15. The molecule has 0 aliphatic carbocycles. The van der Waals surface area contributed by atoms with Gasteiger partial charge in [-0.1, -0.05) is 6.92 Å². The minimum Gasteiger partial charge on any atom is -0.294 e. The number of benzene rings is 1. The molecule has 1 aromatic carbocycles. The van der Waals surface area contributed by atoms with Crippen LogP contribution in [-0.4, -0.2) is 5.78 Å². The van der Waals surface area contributed by atoms with Gasteiger partial charge in [0.15, 0.2) is 5.78 Å². The van der Waals surface area contributed by atoms with Gasteiger partial charge in [0, 0.05) is 17.9 Å². The molecule has 1 atom stereocenters. The zero-order valence-corrected chi connectivity index (χ0v) is 10.6. The number of hydrogen-bond donors (Lipinski definition) is 0. The number of nitriles is 1. The molecular formula is C13H9F6NO. The standard InChI is InChI=1S/C13H9F6NO/c1-7(2-3-20)11(21)8-4-9(12(14,15)16)6-10(5-8)13(17,18)19/h4-7H,2H2,1H3. The highest BCUT2D eigenvalue weighted by molar-refractivity contribution is 5.98. The zero-order chi connectivity index (χ0) is 16.4. The summed E-state index contributed by atoms with van der Waals surface area (Å²) in [6.45, 7) is 1.26. The normalized spacial score (nSPS) is 13.6. The predicted octanol–water partition coefficient (Wildman–Crippen LogP) is 4.46. The van der Waals surface area contributed by atoms with Crippen molar-refractivity contribution in [1.82, 2.24) is 0 Å². The molecule has 0 radical (unpaired) electrons. The third kappa shape index (κ3) is 4.21. The molecule has 1 rings (SSSR count). The van der Waals surface area contributed by atoms with E-state index in [1.54, 1.807) is 6.07 Å². The Morgan fingerprint density at radius 2 is 1.52 bits per heavy atom. The Bertz CT molecular complexity index is 550. The molecule has 0 N–H and O–H groups in total. The van der Waals surface area contributed by atoms with E-state index < -0.39 is 40.7 Å². The predicted molar refractivity (Wildman–Crippen MR) is 60.2 cm³/mol. The summed E-state index contributed by atoms with van der Waals surface area (Å²) in [7, 11) is 0. The first kappa shape index (κ1) is 17.0. The van der Waals surface area contributed by atoms with Crippen LogP contribution in [0.5, 0.6) is 0 Å². The summed E-state index contributed by atoms with van der Waals surface area (Å²) in [5, 5.41) is 8.44. The Balaban J connectivity index is 3.40. The molecule has 0 heterocycles. The van der Waals surface area contributed by atoms with Gasteiger partial charge in [-0.25, -0.2) is 0 Å². The molecule has 0 aliphatic heterocycles. The van der Waals surface area contributed by atoms with Crippen molar-refractivity contribution in [3.63, 3.8) is 0 Å². The van der Waals surface area contributed by atoms with Crippen LogP contribution in [0.1, 0.15) is 34.8 Å². The highest BCUT2D eigenvalue weighted by Crippen LogP contribution is 2.36. The first-order chi connectivity index (χ1) is 9.46. The summed E-state index contributed by atoms with van der Waals surface area (Å²) in [6.07, 6.45) is -10.3. The average Bonchev–Trinajstić information content (AvgIpc) is 2.35.